The SMILES string of the molecule is CN1CCN(C(=O)c2nc(C(=O)NCc3ccc(F)cc3)n3ccccc23)CC1. The molecule has 0 radical (unpaired) electrons. The Bertz CT molecular complexity index is 1040. The van der Waals surface area contributed by atoms with Crippen LogP contribution in [0.5, 0.6) is 0 Å². The van der Waals surface area contributed by atoms with Gasteiger partial charge in [-0.25, -0.2) is 9.37 Å². The van der Waals surface area contributed by atoms with Crippen molar-refractivity contribution in [2.45, 2.75) is 6.54 Å². The number of halogens is 1. The van der Waals surface area contributed by atoms with Gasteiger partial charge in [-0.05, 0) is 36.9 Å². The molecule has 0 unspecified atom stereocenters. The predicted molar refractivity (Wildman–Crippen MR) is 106 cm³/mol. The molecule has 1 aliphatic heterocycles. The first-order valence-corrected chi connectivity index (χ1v) is 9.50. The van der Waals surface area contributed by atoms with Crippen molar-refractivity contribution in [1.82, 2.24) is 24.5 Å². The maximum absolute atomic E-state index is 13.0. The van der Waals surface area contributed by atoms with Crippen LogP contribution in [0.15, 0.2) is 48.7 Å². The third kappa shape index (κ3) is 3.97. The zero-order chi connectivity index (χ0) is 20.4. The van der Waals surface area contributed by atoms with Gasteiger partial charge in [0.1, 0.15) is 5.82 Å². The summed E-state index contributed by atoms with van der Waals surface area (Å²) >= 11 is 0. The highest BCUT2D eigenvalue weighted by Crippen LogP contribution is 2.17. The van der Waals surface area contributed by atoms with Gasteiger partial charge in [-0.1, -0.05) is 18.2 Å². The number of pyridine rings is 1. The van der Waals surface area contributed by atoms with E-state index in [4.69, 9.17) is 0 Å². The van der Waals surface area contributed by atoms with Crippen LogP contribution in [0.1, 0.15) is 26.7 Å². The van der Waals surface area contributed by atoms with Crippen molar-refractivity contribution in [3.05, 3.63) is 71.6 Å². The average molecular weight is 395 g/mol. The van der Waals surface area contributed by atoms with Crippen LogP contribution < -0.4 is 5.32 Å². The number of hydrogen-bond acceptors (Lipinski definition) is 4. The number of likely N-dealkylation sites (N-methyl/N-ethyl adjacent to an activating group) is 1. The van der Waals surface area contributed by atoms with E-state index < -0.39 is 5.91 Å². The zero-order valence-corrected chi connectivity index (χ0v) is 16.1. The van der Waals surface area contributed by atoms with E-state index in [1.807, 2.05) is 13.1 Å². The van der Waals surface area contributed by atoms with Gasteiger partial charge in [0.05, 0.1) is 5.52 Å². The number of piperazine rings is 1. The fourth-order valence-electron chi connectivity index (χ4n) is 3.38. The van der Waals surface area contributed by atoms with Crippen molar-refractivity contribution in [1.29, 1.82) is 0 Å². The molecule has 0 saturated carbocycles. The largest absolute Gasteiger partial charge is 0.345 e. The molecule has 2 aromatic heterocycles. The maximum atomic E-state index is 13.0. The van der Waals surface area contributed by atoms with Gasteiger partial charge in [-0.2, -0.15) is 0 Å². The molecular formula is C21H22FN5O2. The summed E-state index contributed by atoms with van der Waals surface area (Å²) in [7, 11) is 2.03. The fourth-order valence-corrected chi connectivity index (χ4v) is 3.38. The molecule has 0 spiro atoms. The lowest BCUT2D eigenvalue weighted by atomic mass is 10.2. The Morgan fingerprint density at radius 1 is 1.07 bits per heavy atom. The summed E-state index contributed by atoms with van der Waals surface area (Å²) in [5.74, 6) is -0.737. The number of aromatic nitrogens is 2. The lowest BCUT2D eigenvalue weighted by Gasteiger charge is -2.32. The van der Waals surface area contributed by atoms with E-state index in [2.05, 4.69) is 15.2 Å². The topological polar surface area (TPSA) is 69.9 Å². The fraction of sp³-hybridized carbons (Fsp3) is 0.286. The molecule has 0 bridgehead atoms. The normalized spacial score (nSPS) is 14.9. The molecule has 0 atom stereocenters. The minimum atomic E-state index is -0.395. The molecule has 0 aliphatic carbocycles. The molecule has 1 fully saturated rings. The van der Waals surface area contributed by atoms with Crippen molar-refractivity contribution >= 4 is 17.3 Å². The van der Waals surface area contributed by atoms with Gasteiger partial charge in [0.25, 0.3) is 11.8 Å². The van der Waals surface area contributed by atoms with E-state index in [9.17, 15) is 14.0 Å². The summed E-state index contributed by atoms with van der Waals surface area (Å²) in [6, 6.07) is 11.3. The second kappa shape index (κ2) is 8.00. The highest BCUT2D eigenvalue weighted by atomic mass is 19.1. The highest BCUT2D eigenvalue weighted by Gasteiger charge is 2.26. The summed E-state index contributed by atoms with van der Waals surface area (Å²) < 4.78 is 14.7. The van der Waals surface area contributed by atoms with Crippen molar-refractivity contribution < 1.29 is 14.0 Å². The van der Waals surface area contributed by atoms with Gasteiger partial charge in [-0.3, -0.25) is 14.0 Å². The smallest absolute Gasteiger partial charge is 0.287 e. The maximum Gasteiger partial charge on any atom is 0.287 e. The summed E-state index contributed by atoms with van der Waals surface area (Å²) in [6.45, 7) is 3.12. The van der Waals surface area contributed by atoms with Crippen molar-refractivity contribution in [2.75, 3.05) is 33.2 Å². The Kier molecular flexibility index (Phi) is 5.26. The number of fused-ring (bicyclic) bond motifs is 1. The number of rotatable bonds is 4. The van der Waals surface area contributed by atoms with Crippen LogP contribution in [0.25, 0.3) is 5.52 Å². The van der Waals surface area contributed by atoms with E-state index in [0.29, 0.717) is 18.6 Å². The summed E-state index contributed by atoms with van der Waals surface area (Å²) in [5.41, 5.74) is 1.65. The standard InChI is InChI=1S/C21H22FN5O2/c1-25-10-12-26(13-11-25)21(29)18-17-4-2-3-9-27(17)19(24-18)20(28)23-14-15-5-7-16(22)8-6-15/h2-9H,10-14H2,1H3,(H,23,28). The minimum absolute atomic E-state index is 0.153. The second-order valence-corrected chi connectivity index (χ2v) is 7.14. The molecular weight excluding hydrogens is 373 g/mol. The van der Waals surface area contributed by atoms with Gasteiger partial charge in [0.2, 0.25) is 5.82 Å². The van der Waals surface area contributed by atoms with Crippen molar-refractivity contribution in [2.24, 2.45) is 0 Å². The van der Waals surface area contributed by atoms with Crippen LogP contribution in [0.4, 0.5) is 4.39 Å². The summed E-state index contributed by atoms with van der Waals surface area (Å²) in [5, 5.41) is 2.79. The first kappa shape index (κ1) is 19.1. The van der Waals surface area contributed by atoms with Crippen LogP contribution in [-0.2, 0) is 6.54 Å². The van der Waals surface area contributed by atoms with Gasteiger partial charge in [-0.15, -0.1) is 0 Å². The first-order valence-electron chi connectivity index (χ1n) is 9.50. The zero-order valence-electron chi connectivity index (χ0n) is 16.1. The molecule has 4 rings (SSSR count). The summed E-state index contributed by atoms with van der Waals surface area (Å²) in [4.78, 5) is 34.1. The van der Waals surface area contributed by atoms with Gasteiger partial charge in [0.15, 0.2) is 5.69 Å². The van der Waals surface area contributed by atoms with Crippen molar-refractivity contribution in [3.63, 3.8) is 0 Å². The Morgan fingerprint density at radius 3 is 2.52 bits per heavy atom. The van der Waals surface area contributed by atoms with Crippen molar-refractivity contribution in [3.8, 4) is 0 Å². The molecule has 3 heterocycles. The van der Waals surface area contributed by atoms with Crippen LogP contribution >= 0.6 is 0 Å². The number of amides is 2. The average Bonchev–Trinajstić information content (AvgIpc) is 3.13. The van der Waals surface area contributed by atoms with Crippen LogP contribution in [0, 0.1) is 5.82 Å². The number of nitrogens with zero attached hydrogens (tertiary/aromatic N) is 4. The highest BCUT2D eigenvalue weighted by molar-refractivity contribution is 6.02. The lowest BCUT2D eigenvalue weighted by Crippen LogP contribution is -2.47. The quantitative estimate of drug-likeness (QED) is 0.731. The molecule has 1 saturated heterocycles. The van der Waals surface area contributed by atoms with E-state index in [1.54, 1.807) is 39.8 Å². The number of carbonyl (C=O) groups excluding carboxylic acids is 2. The lowest BCUT2D eigenvalue weighted by molar-refractivity contribution is 0.0661. The molecule has 8 heteroatoms. The van der Waals surface area contributed by atoms with Crippen LogP contribution in [0.2, 0.25) is 0 Å². The minimum Gasteiger partial charge on any atom is -0.345 e. The molecule has 1 aromatic carbocycles. The predicted octanol–water partition coefficient (Wildman–Crippen LogP) is 1.79. The Labute approximate surface area is 167 Å². The Morgan fingerprint density at radius 2 is 1.79 bits per heavy atom. The first-order chi connectivity index (χ1) is 14.0. The molecule has 150 valence electrons. The van der Waals surface area contributed by atoms with E-state index in [1.165, 1.54) is 12.1 Å². The second-order valence-electron chi connectivity index (χ2n) is 7.14. The van der Waals surface area contributed by atoms with E-state index in [0.717, 1.165) is 18.7 Å². The number of nitrogens with one attached hydrogen (secondary N) is 1. The number of carbonyl (C=O) groups is 2. The van der Waals surface area contributed by atoms with Gasteiger partial charge >= 0.3 is 0 Å². The number of imidazole rings is 1. The molecule has 1 N–H and O–H groups in total. The number of hydrogen-bond donors (Lipinski definition) is 1. The Balaban J connectivity index is 1.57. The van der Waals surface area contributed by atoms with Gasteiger partial charge in [0, 0.05) is 38.9 Å². The Hall–Kier alpha value is -3.26. The molecule has 1 aliphatic rings. The summed E-state index contributed by atoms with van der Waals surface area (Å²) in [6.07, 6.45) is 1.72. The molecule has 2 amide bonds. The van der Waals surface area contributed by atoms with Gasteiger partial charge < -0.3 is 15.1 Å². The number of benzene rings is 1. The molecule has 3 aromatic rings. The van der Waals surface area contributed by atoms with Crippen LogP contribution in [-0.4, -0.2) is 64.2 Å². The molecule has 7 nitrogen and oxygen atoms in total. The monoisotopic (exact) mass is 395 g/mol. The third-order valence-electron chi connectivity index (χ3n) is 5.11. The van der Waals surface area contributed by atoms with E-state index in [-0.39, 0.29) is 29.8 Å². The van der Waals surface area contributed by atoms with E-state index >= 15 is 0 Å². The van der Waals surface area contributed by atoms with Crippen LogP contribution in [0.3, 0.4) is 0 Å². The third-order valence-corrected chi connectivity index (χ3v) is 5.11. The molecule has 29 heavy (non-hydrogen) atoms.